The van der Waals surface area contributed by atoms with Gasteiger partial charge < -0.3 is 5.32 Å². The van der Waals surface area contributed by atoms with Crippen LogP contribution < -0.4 is 5.32 Å². The van der Waals surface area contributed by atoms with Crippen molar-refractivity contribution in [3.63, 3.8) is 0 Å². The molecule has 4 rings (SSSR count). The van der Waals surface area contributed by atoms with Gasteiger partial charge in [0.05, 0.1) is 12.2 Å². The second-order valence-corrected chi connectivity index (χ2v) is 9.23. The maximum atomic E-state index is 13.3. The predicted octanol–water partition coefficient (Wildman–Crippen LogP) is 5.75. The number of thioether (sulfide) groups is 1. The van der Waals surface area contributed by atoms with Gasteiger partial charge in [0.2, 0.25) is 11.8 Å². The molecule has 1 unspecified atom stereocenters. The summed E-state index contributed by atoms with van der Waals surface area (Å²) in [6.07, 6.45) is 0.0553. The van der Waals surface area contributed by atoms with Gasteiger partial charge in [-0.1, -0.05) is 64.1 Å². The summed E-state index contributed by atoms with van der Waals surface area (Å²) >= 11 is 4.62. The van der Waals surface area contributed by atoms with Gasteiger partial charge >= 0.3 is 0 Å². The molecule has 1 saturated heterocycles. The zero-order valence-electron chi connectivity index (χ0n) is 16.9. The number of hydrogen-bond acceptors (Lipinski definition) is 4. The van der Waals surface area contributed by atoms with Crippen molar-refractivity contribution in [3.8, 4) is 0 Å². The Morgan fingerprint density at radius 3 is 2.56 bits per heavy atom. The summed E-state index contributed by atoms with van der Waals surface area (Å²) in [4.78, 5) is 32.1. The first-order chi connectivity index (χ1) is 15.5. The molecule has 0 saturated carbocycles. The lowest BCUT2D eigenvalue weighted by Crippen LogP contribution is -2.44. The van der Waals surface area contributed by atoms with E-state index in [1.54, 1.807) is 29.2 Å². The lowest BCUT2D eigenvalue weighted by Gasteiger charge is -2.32. The number of aliphatic imine (C=N–C) groups is 1. The van der Waals surface area contributed by atoms with Gasteiger partial charge in [-0.05, 0) is 48.0 Å². The van der Waals surface area contributed by atoms with Gasteiger partial charge in [-0.15, -0.1) is 0 Å². The Hall–Kier alpha value is -2.97. The molecule has 1 fully saturated rings. The molecule has 32 heavy (non-hydrogen) atoms. The van der Waals surface area contributed by atoms with E-state index in [0.29, 0.717) is 23.1 Å². The molecule has 0 aliphatic carbocycles. The fourth-order valence-electron chi connectivity index (χ4n) is 3.18. The van der Waals surface area contributed by atoms with Crippen LogP contribution in [0.2, 0.25) is 0 Å². The highest BCUT2D eigenvalue weighted by molar-refractivity contribution is 9.10. The number of amides is 2. The maximum Gasteiger partial charge on any atom is 0.238 e. The van der Waals surface area contributed by atoms with Crippen LogP contribution in [0.3, 0.4) is 0 Å². The molecule has 2 amide bonds. The third kappa shape index (κ3) is 5.63. The van der Waals surface area contributed by atoms with Crippen molar-refractivity contribution in [1.82, 2.24) is 4.90 Å². The monoisotopic (exact) mass is 511 g/mol. The summed E-state index contributed by atoms with van der Waals surface area (Å²) in [5.74, 6) is -0.829. The minimum absolute atomic E-state index is 0.0553. The second kappa shape index (κ2) is 10.1. The normalized spacial score (nSPS) is 17.4. The molecule has 1 aliphatic rings. The molecule has 0 bridgehead atoms. The Balaban J connectivity index is 1.59. The van der Waals surface area contributed by atoms with E-state index in [1.165, 1.54) is 23.9 Å². The summed E-state index contributed by atoms with van der Waals surface area (Å²) < 4.78 is 14.2. The van der Waals surface area contributed by atoms with Gasteiger partial charge in [-0.2, -0.15) is 0 Å². The van der Waals surface area contributed by atoms with Crippen LogP contribution in [-0.4, -0.2) is 27.1 Å². The molecular formula is C24H19BrFN3O2S. The number of halogens is 2. The van der Waals surface area contributed by atoms with Crippen molar-refractivity contribution in [2.24, 2.45) is 4.99 Å². The van der Waals surface area contributed by atoms with Crippen LogP contribution in [0.1, 0.15) is 12.0 Å². The van der Waals surface area contributed by atoms with Gasteiger partial charge in [0.1, 0.15) is 11.1 Å². The molecule has 1 heterocycles. The highest BCUT2D eigenvalue weighted by atomic mass is 79.9. The number of benzene rings is 3. The zero-order valence-corrected chi connectivity index (χ0v) is 19.3. The van der Waals surface area contributed by atoms with Gasteiger partial charge in [0, 0.05) is 16.6 Å². The molecule has 0 spiro atoms. The van der Waals surface area contributed by atoms with Gasteiger partial charge in [0.15, 0.2) is 5.17 Å². The Morgan fingerprint density at radius 1 is 1.09 bits per heavy atom. The fourth-order valence-corrected chi connectivity index (χ4v) is 4.68. The Labute approximate surface area is 197 Å². The molecule has 0 radical (unpaired) electrons. The molecule has 162 valence electrons. The SMILES string of the molecule is O=C(Nc1cccc(Br)c1)C1CC(=O)N(Cc2ccccc2)C(=Nc2ccc(F)cc2)S1. The van der Waals surface area contributed by atoms with E-state index in [2.05, 4.69) is 26.2 Å². The lowest BCUT2D eigenvalue weighted by molar-refractivity contribution is -0.129. The minimum atomic E-state index is -0.632. The van der Waals surface area contributed by atoms with Crippen molar-refractivity contribution >= 4 is 56.0 Å². The summed E-state index contributed by atoms with van der Waals surface area (Å²) in [5, 5.41) is 2.64. The van der Waals surface area contributed by atoms with E-state index < -0.39 is 5.25 Å². The molecule has 0 aromatic heterocycles. The first-order valence-electron chi connectivity index (χ1n) is 9.89. The van der Waals surface area contributed by atoms with E-state index >= 15 is 0 Å². The lowest BCUT2D eigenvalue weighted by atomic mass is 10.2. The van der Waals surface area contributed by atoms with Crippen LogP contribution in [0.15, 0.2) is 88.3 Å². The Morgan fingerprint density at radius 2 is 1.84 bits per heavy atom. The third-order valence-corrected chi connectivity index (χ3v) is 6.44. The van der Waals surface area contributed by atoms with Gasteiger partial charge in [0.25, 0.3) is 0 Å². The predicted molar refractivity (Wildman–Crippen MR) is 129 cm³/mol. The molecule has 3 aromatic carbocycles. The van der Waals surface area contributed by atoms with E-state index in [0.717, 1.165) is 10.0 Å². The number of rotatable bonds is 5. The third-order valence-electron chi connectivity index (χ3n) is 4.76. The number of amidine groups is 1. The second-order valence-electron chi connectivity index (χ2n) is 7.15. The molecular weight excluding hydrogens is 493 g/mol. The van der Waals surface area contributed by atoms with Crippen LogP contribution in [-0.2, 0) is 16.1 Å². The number of nitrogens with zero attached hydrogens (tertiary/aromatic N) is 2. The molecule has 1 atom stereocenters. The smallest absolute Gasteiger partial charge is 0.238 e. The van der Waals surface area contributed by atoms with Crippen LogP contribution in [0, 0.1) is 5.82 Å². The summed E-state index contributed by atoms with van der Waals surface area (Å²) in [7, 11) is 0. The molecule has 3 aromatic rings. The highest BCUT2D eigenvalue weighted by Crippen LogP contribution is 2.31. The Bertz CT molecular complexity index is 1160. The average molecular weight is 512 g/mol. The van der Waals surface area contributed by atoms with E-state index in [1.807, 2.05) is 42.5 Å². The first-order valence-corrected chi connectivity index (χ1v) is 11.6. The fraction of sp³-hybridized carbons (Fsp3) is 0.125. The van der Waals surface area contributed by atoms with Crippen molar-refractivity contribution in [1.29, 1.82) is 0 Å². The van der Waals surface area contributed by atoms with Crippen LogP contribution in [0.5, 0.6) is 0 Å². The number of nitrogens with one attached hydrogen (secondary N) is 1. The zero-order chi connectivity index (χ0) is 22.5. The van der Waals surface area contributed by atoms with Crippen molar-refractivity contribution in [2.75, 3.05) is 5.32 Å². The minimum Gasteiger partial charge on any atom is -0.325 e. The Kier molecular flexibility index (Phi) is 7.02. The number of carbonyl (C=O) groups excluding carboxylic acids is 2. The number of carbonyl (C=O) groups is 2. The highest BCUT2D eigenvalue weighted by Gasteiger charge is 2.36. The van der Waals surface area contributed by atoms with Crippen LogP contribution >= 0.6 is 27.7 Å². The average Bonchev–Trinajstić information content (AvgIpc) is 2.78. The summed E-state index contributed by atoms with van der Waals surface area (Å²) in [6, 6.07) is 22.6. The molecule has 8 heteroatoms. The van der Waals surface area contributed by atoms with Crippen LogP contribution in [0.25, 0.3) is 0 Å². The van der Waals surface area contributed by atoms with Crippen molar-refractivity contribution in [2.45, 2.75) is 18.2 Å². The van der Waals surface area contributed by atoms with E-state index in [9.17, 15) is 14.0 Å². The van der Waals surface area contributed by atoms with Gasteiger partial charge in [-0.3, -0.25) is 14.5 Å². The van der Waals surface area contributed by atoms with Crippen molar-refractivity contribution in [3.05, 3.63) is 94.7 Å². The largest absolute Gasteiger partial charge is 0.325 e. The van der Waals surface area contributed by atoms with E-state index in [-0.39, 0.29) is 24.1 Å². The topological polar surface area (TPSA) is 61.8 Å². The number of hydrogen-bond donors (Lipinski definition) is 1. The van der Waals surface area contributed by atoms with Crippen LogP contribution in [0.4, 0.5) is 15.8 Å². The molecule has 1 aliphatic heterocycles. The van der Waals surface area contributed by atoms with Gasteiger partial charge in [-0.25, -0.2) is 9.38 Å². The molecule has 1 N–H and O–H groups in total. The van der Waals surface area contributed by atoms with Crippen molar-refractivity contribution < 1.29 is 14.0 Å². The quantitative estimate of drug-likeness (QED) is 0.474. The number of anilines is 1. The first kappa shape index (κ1) is 22.2. The molecule has 5 nitrogen and oxygen atoms in total. The standard InChI is InChI=1S/C24H19BrFN3O2S/c25-17-7-4-8-20(13-17)27-23(31)21-14-22(30)29(15-16-5-2-1-3-6-16)24(32-21)28-19-11-9-18(26)10-12-19/h1-13,21H,14-15H2,(H,27,31). The maximum absolute atomic E-state index is 13.3. The van der Waals surface area contributed by atoms with E-state index in [4.69, 9.17) is 0 Å². The summed E-state index contributed by atoms with van der Waals surface area (Å²) in [6.45, 7) is 0.340. The summed E-state index contributed by atoms with van der Waals surface area (Å²) in [5.41, 5.74) is 2.10.